The molecule has 0 saturated carbocycles. The first kappa shape index (κ1) is 19.5. The molecule has 5 aromatic rings. The maximum Gasteiger partial charge on any atom is 0.322 e. The molecule has 0 aliphatic carbocycles. The van der Waals surface area contributed by atoms with E-state index in [1.807, 2.05) is 69.9 Å². The Bertz CT molecular complexity index is 1280. The van der Waals surface area contributed by atoms with Crippen LogP contribution in [0.4, 0.5) is 0 Å². The van der Waals surface area contributed by atoms with Gasteiger partial charge < -0.3 is 9.47 Å². The summed E-state index contributed by atoms with van der Waals surface area (Å²) in [6, 6.07) is 22.3. The SMILES string of the molecule is COc1ccccc1-n1c(OCc2csc(-c3ccccc3)n2)nnc1-c1cccs1. The van der Waals surface area contributed by atoms with E-state index < -0.39 is 0 Å². The molecular formula is C23H18N4O2S2. The first-order chi connectivity index (χ1) is 15.3. The van der Waals surface area contributed by atoms with E-state index in [1.165, 1.54) is 0 Å². The number of rotatable bonds is 7. The minimum absolute atomic E-state index is 0.293. The molecule has 0 N–H and O–H groups in total. The summed E-state index contributed by atoms with van der Waals surface area (Å²) in [6.45, 7) is 0.293. The lowest BCUT2D eigenvalue weighted by molar-refractivity contribution is 0.271. The standard InChI is InChI=1S/C23H18N4O2S2/c1-28-19-11-6-5-10-18(19)27-21(20-12-7-13-30-20)25-26-23(27)29-14-17-15-31-22(24-17)16-8-3-2-4-9-16/h2-13,15H,14H2,1H3. The second kappa shape index (κ2) is 8.71. The molecule has 0 bridgehead atoms. The molecule has 0 spiro atoms. The second-order valence-corrected chi connectivity index (χ2v) is 8.40. The molecule has 6 nitrogen and oxygen atoms in total. The van der Waals surface area contributed by atoms with Gasteiger partial charge in [-0.2, -0.15) is 0 Å². The molecule has 0 fully saturated rings. The molecule has 0 saturated heterocycles. The summed E-state index contributed by atoms with van der Waals surface area (Å²) in [7, 11) is 1.65. The van der Waals surface area contributed by atoms with Gasteiger partial charge in [0.2, 0.25) is 0 Å². The van der Waals surface area contributed by atoms with Crippen LogP contribution in [0.15, 0.2) is 77.5 Å². The lowest BCUT2D eigenvalue weighted by Gasteiger charge is -2.13. The first-order valence-corrected chi connectivity index (χ1v) is 11.3. The molecule has 0 atom stereocenters. The molecule has 3 heterocycles. The van der Waals surface area contributed by atoms with Crippen molar-refractivity contribution in [2.75, 3.05) is 7.11 Å². The van der Waals surface area contributed by atoms with Gasteiger partial charge in [0.25, 0.3) is 0 Å². The van der Waals surface area contributed by atoms with Crippen molar-refractivity contribution < 1.29 is 9.47 Å². The van der Waals surface area contributed by atoms with Gasteiger partial charge in [0.1, 0.15) is 17.4 Å². The molecule has 0 aliphatic heterocycles. The summed E-state index contributed by atoms with van der Waals surface area (Å²) < 4.78 is 13.5. The maximum absolute atomic E-state index is 6.09. The highest BCUT2D eigenvalue weighted by Gasteiger charge is 2.20. The molecule has 2 aromatic carbocycles. The van der Waals surface area contributed by atoms with Crippen molar-refractivity contribution in [2.45, 2.75) is 6.61 Å². The van der Waals surface area contributed by atoms with Gasteiger partial charge >= 0.3 is 6.01 Å². The Labute approximate surface area is 187 Å². The second-order valence-electron chi connectivity index (χ2n) is 6.59. The Morgan fingerprint density at radius 2 is 1.74 bits per heavy atom. The fraction of sp³-hybridized carbons (Fsp3) is 0.0870. The van der Waals surface area contributed by atoms with Crippen molar-refractivity contribution in [3.05, 3.63) is 83.2 Å². The highest BCUT2D eigenvalue weighted by molar-refractivity contribution is 7.13. The van der Waals surface area contributed by atoms with Crippen molar-refractivity contribution in [3.8, 4) is 38.7 Å². The van der Waals surface area contributed by atoms with Gasteiger partial charge in [-0.3, -0.25) is 0 Å². The van der Waals surface area contributed by atoms with Crippen molar-refractivity contribution >= 4 is 22.7 Å². The Hall–Kier alpha value is -3.49. The maximum atomic E-state index is 6.09. The third-order valence-electron chi connectivity index (χ3n) is 4.62. The average molecular weight is 447 g/mol. The molecule has 0 unspecified atom stereocenters. The van der Waals surface area contributed by atoms with E-state index in [1.54, 1.807) is 29.8 Å². The highest BCUT2D eigenvalue weighted by Crippen LogP contribution is 2.34. The topological polar surface area (TPSA) is 62.1 Å². The van der Waals surface area contributed by atoms with E-state index in [9.17, 15) is 0 Å². The third-order valence-corrected chi connectivity index (χ3v) is 6.43. The smallest absolute Gasteiger partial charge is 0.322 e. The predicted octanol–water partition coefficient (Wildman–Crippen LogP) is 5.71. The molecular weight excluding hydrogens is 428 g/mol. The van der Waals surface area contributed by atoms with Gasteiger partial charge in [0, 0.05) is 10.9 Å². The Kier molecular flexibility index (Phi) is 5.47. The van der Waals surface area contributed by atoms with E-state index in [2.05, 4.69) is 22.3 Å². The zero-order valence-electron chi connectivity index (χ0n) is 16.6. The van der Waals surface area contributed by atoms with Crippen molar-refractivity contribution in [1.29, 1.82) is 0 Å². The van der Waals surface area contributed by atoms with Crippen LogP contribution in [0.2, 0.25) is 0 Å². The largest absolute Gasteiger partial charge is 0.495 e. The summed E-state index contributed by atoms with van der Waals surface area (Å²) in [5.41, 5.74) is 2.75. The number of thiazole rings is 1. The van der Waals surface area contributed by atoms with Crippen LogP contribution in [0.5, 0.6) is 11.8 Å². The number of hydrogen-bond donors (Lipinski definition) is 0. The summed E-state index contributed by atoms with van der Waals surface area (Å²) >= 11 is 3.19. The Balaban J connectivity index is 1.47. The van der Waals surface area contributed by atoms with Crippen LogP contribution < -0.4 is 9.47 Å². The highest BCUT2D eigenvalue weighted by atomic mass is 32.1. The van der Waals surface area contributed by atoms with Crippen LogP contribution in [0, 0.1) is 0 Å². The number of methoxy groups -OCH3 is 1. The quantitative estimate of drug-likeness (QED) is 0.321. The van der Waals surface area contributed by atoms with Crippen LogP contribution in [-0.2, 0) is 6.61 Å². The number of para-hydroxylation sites is 2. The molecule has 5 rings (SSSR count). The van der Waals surface area contributed by atoms with E-state index in [0.717, 1.165) is 26.8 Å². The van der Waals surface area contributed by atoms with Crippen LogP contribution in [0.1, 0.15) is 5.69 Å². The number of aromatic nitrogens is 4. The molecule has 154 valence electrons. The van der Waals surface area contributed by atoms with Crippen molar-refractivity contribution in [3.63, 3.8) is 0 Å². The lowest BCUT2D eigenvalue weighted by atomic mass is 10.2. The molecule has 8 heteroatoms. The average Bonchev–Trinajstić information content (AvgIpc) is 3.59. The van der Waals surface area contributed by atoms with Gasteiger partial charge in [-0.15, -0.1) is 27.8 Å². The fourth-order valence-corrected chi connectivity index (χ4v) is 4.69. The Morgan fingerprint density at radius 1 is 0.903 bits per heavy atom. The lowest BCUT2D eigenvalue weighted by Crippen LogP contribution is -2.05. The predicted molar refractivity (Wildman–Crippen MR) is 123 cm³/mol. The molecule has 0 aliphatic rings. The molecule has 0 amide bonds. The van der Waals surface area contributed by atoms with Crippen LogP contribution in [-0.4, -0.2) is 26.9 Å². The number of thiophene rings is 1. The first-order valence-electron chi connectivity index (χ1n) is 9.59. The molecule has 3 aromatic heterocycles. The van der Waals surface area contributed by atoms with Gasteiger partial charge in [-0.1, -0.05) is 53.6 Å². The number of hydrogen-bond acceptors (Lipinski definition) is 7. The van der Waals surface area contributed by atoms with E-state index >= 15 is 0 Å². The van der Waals surface area contributed by atoms with Gasteiger partial charge in [0.05, 0.1) is 23.4 Å². The molecule has 31 heavy (non-hydrogen) atoms. The number of benzene rings is 2. The minimum atomic E-state index is 0.293. The Morgan fingerprint density at radius 3 is 2.55 bits per heavy atom. The van der Waals surface area contributed by atoms with Crippen molar-refractivity contribution in [1.82, 2.24) is 19.7 Å². The summed E-state index contributed by atoms with van der Waals surface area (Å²) in [4.78, 5) is 5.70. The van der Waals surface area contributed by atoms with Crippen molar-refractivity contribution in [2.24, 2.45) is 0 Å². The fourth-order valence-electron chi connectivity index (χ4n) is 3.19. The van der Waals surface area contributed by atoms with Crippen LogP contribution in [0.25, 0.3) is 27.0 Å². The summed E-state index contributed by atoms with van der Waals surface area (Å²) in [5.74, 6) is 1.42. The van der Waals surface area contributed by atoms with Gasteiger partial charge in [-0.05, 0) is 23.6 Å². The zero-order valence-corrected chi connectivity index (χ0v) is 18.3. The summed E-state index contributed by atoms with van der Waals surface area (Å²) in [5, 5.41) is 13.7. The van der Waals surface area contributed by atoms with E-state index in [0.29, 0.717) is 24.2 Å². The monoisotopic (exact) mass is 446 g/mol. The van der Waals surface area contributed by atoms with E-state index in [-0.39, 0.29) is 0 Å². The summed E-state index contributed by atoms with van der Waals surface area (Å²) in [6.07, 6.45) is 0. The zero-order chi connectivity index (χ0) is 21.0. The van der Waals surface area contributed by atoms with Gasteiger partial charge in [0.15, 0.2) is 5.82 Å². The van der Waals surface area contributed by atoms with Crippen LogP contribution in [0.3, 0.4) is 0 Å². The third kappa shape index (κ3) is 3.95. The normalized spacial score (nSPS) is 10.9. The number of nitrogens with zero attached hydrogens (tertiary/aromatic N) is 4. The molecule has 0 radical (unpaired) electrons. The van der Waals surface area contributed by atoms with Crippen LogP contribution >= 0.6 is 22.7 Å². The van der Waals surface area contributed by atoms with Gasteiger partial charge in [-0.25, -0.2) is 9.55 Å². The minimum Gasteiger partial charge on any atom is -0.495 e. The van der Waals surface area contributed by atoms with E-state index in [4.69, 9.17) is 14.5 Å². The number of ether oxygens (including phenoxy) is 2.